The summed E-state index contributed by atoms with van der Waals surface area (Å²) in [6, 6.07) is 0. The number of esters is 1. The third kappa shape index (κ3) is 2.86. The van der Waals surface area contributed by atoms with E-state index in [1.165, 1.54) is 12.8 Å². The van der Waals surface area contributed by atoms with Crippen molar-refractivity contribution in [2.45, 2.75) is 12.8 Å². The lowest BCUT2D eigenvalue weighted by molar-refractivity contribution is -0.146. The van der Waals surface area contributed by atoms with Crippen LogP contribution in [0.15, 0.2) is 0 Å². The maximum atomic E-state index is 10.6. The minimum absolute atomic E-state index is 0.0200. The van der Waals surface area contributed by atoms with E-state index in [1.54, 1.807) is 0 Å². The molecule has 0 unspecified atom stereocenters. The van der Waals surface area contributed by atoms with Gasteiger partial charge in [-0.25, -0.2) is 0 Å². The minimum atomic E-state index is -0.322. The first-order chi connectivity index (χ1) is 5.33. The zero-order valence-corrected chi connectivity index (χ0v) is 6.58. The summed E-state index contributed by atoms with van der Waals surface area (Å²) >= 11 is 0. The largest absolute Gasteiger partial charge is 0.449 e. The summed E-state index contributed by atoms with van der Waals surface area (Å²) in [5, 5.41) is 0. The molecule has 0 amide bonds. The van der Waals surface area contributed by atoms with Crippen molar-refractivity contribution in [1.29, 1.82) is 0 Å². The predicted octanol–water partition coefficient (Wildman–Crippen LogP) is -0.458. The van der Waals surface area contributed by atoms with Crippen LogP contribution < -0.4 is 5.73 Å². The van der Waals surface area contributed by atoms with Crippen LogP contribution in [0, 0.1) is 0 Å². The first-order valence-electron chi connectivity index (χ1n) is 3.91. The number of likely N-dealkylation sites (tertiary alicyclic amines) is 1. The molecule has 11 heavy (non-hydrogen) atoms. The number of hydrogen-bond acceptors (Lipinski definition) is 4. The van der Waals surface area contributed by atoms with Crippen LogP contribution in [-0.2, 0) is 9.53 Å². The number of carbonyl (C=O) groups is 1. The Bertz CT molecular complexity index is 132. The smallest absolute Gasteiger partial charge is 0.321 e. The van der Waals surface area contributed by atoms with Crippen molar-refractivity contribution in [3.8, 4) is 0 Å². The molecule has 0 spiro atoms. The molecule has 0 aliphatic carbocycles. The van der Waals surface area contributed by atoms with E-state index < -0.39 is 0 Å². The number of nitrogens with zero attached hydrogens (tertiary/aromatic N) is 1. The van der Waals surface area contributed by atoms with Gasteiger partial charge in [0.25, 0.3) is 0 Å². The van der Waals surface area contributed by atoms with Crippen molar-refractivity contribution in [1.82, 2.24) is 4.90 Å². The number of rotatable bonds is 3. The first kappa shape index (κ1) is 8.49. The van der Waals surface area contributed by atoms with E-state index in [0.29, 0.717) is 6.73 Å². The van der Waals surface area contributed by atoms with Crippen LogP contribution in [0.2, 0.25) is 0 Å². The third-order valence-corrected chi connectivity index (χ3v) is 1.77. The standard InChI is InChI=1S/C7H14N2O2/c8-5-7(10)11-6-9-3-1-2-4-9/h1-6,8H2. The monoisotopic (exact) mass is 158 g/mol. The number of carbonyl (C=O) groups excluding carboxylic acids is 1. The fraction of sp³-hybridized carbons (Fsp3) is 0.857. The van der Waals surface area contributed by atoms with Crippen molar-refractivity contribution < 1.29 is 9.53 Å². The Morgan fingerprint density at radius 3 is 2.64 bits per heavy atom. The van der Waals surface area contributed by atoms with Crippen molar-refractivity contribution in [3.63, 3.8) is 0 Å². The van der Waals surface area contributed by atoms with Crippen molar-refractivity contribution in [2.24, 2.45) is 5.73 Å². The molecule has 4 nitrogen and oxygen atoms in total. The lowest BCUT2D eigenvalue weighted by atomic mass is 10.4. The highest BCUT2D eigenvalue weighted by molar-refractivity contribution is 5.71. The van der Waals surface area contributed by atoms with E-state index in [1.807, 2.05) is 0 Å². The summed E-state index contributed by atoms with van der Waals surface area (Å²) in [4.78, 5) is 12.7. The molecular weight excluding hydrogens is 144 g/mol. The zero-order valence-electron chi connectivity index (χ0n) is 6.58. The molecule has 1 aliphatic rings. The molecule has 0 aromatic carbocycles. The molecule has 0 radical (unpaired) electrons. The van der Waals surface area contributed by atoms with Crippen LogP contribution in [0.4, 0.5) is 0 Å². The summed E-state index contributed by atoms with van der Waals surface area (Å²) in [6.45, 7) is 2.47. The number of hydrogen-bond donors (Lipinski definition) is 1. The highest BCUT2D eigenvalue weighted by Crippen LogP contribution is 2.06. The summed E-state index contributed by atoms with van der Waals surface area (Å²) in [5.74, 6) is -0.322. The van der Waals surface area contributed by atoms with Gasteiger partial charge < -0.3 is 10.5 Å². The Morgan fingerprint density at radius 1 is 1.45 bits per heavy atom. The Morgan fingerprint density at radius 2 is 2.09 bits per heavy atom. The molecule has 0 bridgehead atoms. The normalized spacial score (nSPS) is 18.6. The fourth-order valence-electron chi connectivity index (χ4n) is 1.13. The van der Waals surface area contributed by atoms with Gasteiger partial charge in [0, 0.05) is 13.1 Å². The fourth-order valence-corrected chi connectivity index (χ4v) is 1.13. The van der Waals surface area contributed by atoms with Gasteiger partial charge in [0.15, 0.2) is 0 Å². The molecule has 1 heterocycles. The van der Waals surface area contributed by atoms with Gasteiger partial charge in [-0.05, 0) is 12.8 Å². The second-order valence-corrected chi connectivity index (χ2v) is 2.67. The van der Waals surface area contributed by atoms with Crippen LogP contribution in [0.3, 0.4) is 0 Å². The first-order valence-corrected chi connectivity index (χ1v) is 3.91. The van der Waals surface area contributed by atoms with Crippen LogP contribution in [-0.4, -0.2) is 37.2 Å². The van der Waals surface area contributed by atoms with Gasteiger partial charge >= 0.3 is 5.97 Å². The summed E-state index contributed by atoms with van der Waals surface area (Å²) in [7, 11) is 0. The SMILES string of the molecule is NCC(=O)OCN1CCCC1. The second-order valence-electron chi connectivity index (χ2n) is 2.67. The Kier molecular flexibility index (Phi) is 3.32. The molecule has 1 fully saturated rings. The van der Waals surface area contributed by atoms with Crippen molar-refractivity contribution >= 4 is 5.97 Å². The van der Waals surface area contributed by atoms with E-state index in [0.717, 1.165) is 13.1 Å². The molecule has 64 valence electrons. The van der Waals surface area contributed by atoms with Gasteiger partial charge in [-0.3, -0.25) is 9.69 Å². The van der Waals surface area contributed by atoms with Gasteiger partial charge in [0.1, 0.15) is 6.73 Å². The predicted molar refractivity (Wildman–Crippen MR) is 40.8 cm³/mol. The van der Waals surface area contributed by atoms with Gasteiger partial charge in [0.05, 0.1) is 6.54 Å². The van der Waals surface area contributed by atoms with E-state index in [-0.39, 0.29) is 12.5 Å². The van der Waals surface area contributed by atoms with Crippen LogP contribution >= 0.6 is 0 Å². The summed E-state index contributed by atoms with van der Waals surface area (Å²) < 4.78 is 4.84. The van der Waals surface area contributed by atoms with Gasteiger partial charge in [-0.15, -0.1) is 0 Å². The molecular formula is C7H14N2O2. The van der Waals surface area contributed by atoms with Gasteiger partial charge in [0.2, 0.25) is 0 Å². The minimum Gasteiger partial charge on any atom is -0.449 e. The topological polar surface area (TPSA) is 55.6 Å². The third-order valence-electron chi connectivity index (χ3n) is 1.77. The van der Waals surface area contributed by atoms with Crippen LogP contribution in [0.25, 0.3) is 0 Å². The zero-order chi connectivity index (χ0) is 8.10. The molecule has 1 aliphatic heterocycles. The van der Waals surface area contributed by atoms with Gasteiger partial charge in [-0.1, -0.05) is 0 Å². The summed E-state index contributed by atoms with van der Waals surface area (Å²) in [6.07, 6.45) is 2.42. The lowest BCUT2D eigenvalue weighted by Crippen LogP contribution is -2.27. The molecule has 2 N–H and O–H groups in total. The highest BCUT2D eigenvalue weighted by Gasteiger charge is 2.12. The van der Waals surface area contributed by atoms with E-state index >= 15 is 0 Å². The Labute approximate surface area is 66.3 Å². The average Bonchev–Trinajstić information content (AvgIpc) is 2.52. The van der Waals surface area contributed by atoms with E-state index in [4.69, 9.17) is 10.5 Å². The average molecular weight is 158 g/mol. The second kappa shape index (κ2) is 4.31. The van der Waals surface area contributed by atoms with Crippen LogP contribution in [0.1, 0.15) is 12.8 Å². The van der Waals surface area contributed by atoms with Crippen molar-refractivity contribution in [2.75, 3.05) is 26.4 Å². The number of ether oxygens (including phenoxy) is 1. The maximum Gasteiger partial charge on any atom is 0.321 e. The quantitative estimate of drug-likeness (QED) is 0.565. The van der Waals surface area contributed by atoms with Gasteiger partial charge in [-0.2, -0.15) is 0 Å². The maximum absolute atomic E-state index is 10.6. The molecule has 1 saturated heterocycles. The van der Waals surface area contributed by atoms with E-state index in [9.17, 15) is 4.79 Å². The van der Waals surface area contributed by atoms with Crippen molar-refractivity contribution in [3.05, 3.63) is 0 Å². The molecule has 0 atom stereocenters. The molecule has 0 aromatic heterocycles. The molecule has 1 rings (SSSR count). The Balaban J connectivity index is 2.06. The molecule has 4 heteroatoms. The molecule has 0 aromatic rings. The highest BCUT2D eigenvalue weighted by atomic mass is 16.5. The lowest BCUT2D eigenvalue weighted by Gasteiger charge is -2.13. The van der Waals surface area contributed by atoms with Crippen LogP contribution in [0.5, 0.6) is 0 Å². The summed E-state index contributed by atoms with van der Waals surface area (Å²) in [5.41, 5.74) is 5.06. The molecule has 0 saturated carbocycles. The number of nitrogens with two attached hydrogens (primary N) is 1. The Hall–Kier alpha value is -0.610. The van der Waals surface area contributed by atoms with E-state index in [2.05, 4.69) is 4.90 Å².